The van der Waals surface area contributed by atoms with Gasteiger partial charge in [0.05, 0.1) is 18.8 Å². The minimum Gasteiger partial charge on any atom is -0.477 e. The van der Waals surface area contributed by atoms with Crippen molar-refractivity contribution in [2.75, 3.05) is 36.4 Å². The molecule has 0 aliphatic carbocycles. The van der Waals surface area contributed by atoms with Gasteiger partial charge in [-0.05, 0) is 56.0 Å². The summed E-state index contributed by atoms with van der Waals surface area (Å²) < 4.78 is 6.03. The Hall–Kier alpha value is -2.73. The van der Waals surface area contributed by atoms with Gasteiger partial charge in [0.25, 0.3) is 5.91 Å². The Balaban J connectivity index is 1.50. The van der Waals surface area contributed by atoms with Gasteiger partial charge < -0.3 is 19.9 Å². The molecule has 2 heterocycles. The van der Waals surface area contributed by atoms with E-state index in [0.717, 1.165) is 43.6 Å². The van der Waals surface area contributed by atoms with Gasteiger partial charge in [-0.3, -0.25) is 9.59 Å². The highest BCUT2D eigenvalue weighted by atomic mass is 35.5. The molecule has 0 bridgehead atoms. The fourth-order valence-corrected chi connectivity index (χ4v) is 4.17. The molecule has 0 saturated carbocycles. The van der Waals surface area contributed by atoms with Crippen LogP contribution in [0.2, 0.25) is 5.02 Å². The Bertz CT molecular complexity index is 943. The molecule has 0 radical (unpaired) electrons. The van der Waals surface area contributed by atoms with Crippen molar-refractivity contribution in [2.45, 2.75) is 32.3 Å². The van der Waals surface area contributed by atoms with E-state index in [4.69, 9.17) is 16.3 Å². The lowest BCUT2D eigenvalue weighted by Crippen LogP contribution is -2.52. The molecule has 1 saturated heterocycles. The van der Waals surface area contributed by atoms with Crippen molar-refractivity contribution < 1.29 is 14.3 Å². The standard InChI is InChI=1S/C23H26ClN3O3/c1-16-9-10-17(24)13-18(16)25-22(28)15-27-14-21(23(29)26-11-5-2-6-12-26)30-20-8-4-3-7-19(20)27/h3-4,7-10,13,21H,2,5-6,11-12,14-15H2,1H3,(H,25,28)/t21-/m1/s1. The maximum atomic E-state index is 13.0. The van der Waals surface area contributed by atoms with E-state index in [1.807, 2.05) is 47.1 Å². The highest BCUT2D eigenvalue weighted by molar-refractivity contribution is 6.31. The third kappa shape index (κ3) is 4.54. The van der Waals surface area contributed by atoms with Crippen LogP contribution in [0.15, 0.2) is 42.5 Å². The topological polar surface area (TPSA) is 61.9 Å². The largest absolute Gasteiger partial charge is 0.477 e. The minimum absolute atomic E-state index is 0.000275. The zero-order chi connectivity index (χ0) is 21.1. The van der Waals surface area contributed by atoms with E-state index in [9.17, 15) is 9.59 Å². The van der Waals surface area contributed by atoms with Crippen LogP contribution in [0.25, 0.3) is 0 Å². The van der Waals surface area contributed by atoms with Gasteiger partial charge in [-0.25, -0.2) is 0 Å². The van der Waals surface area contributed by atoms with Gasteiger partial charge in [0, 0.05) is 23.8 Å². The van der Waals surface area contributed by atoms with Gasteiger partial charge in [-0.15, -0.1) is 0 Å². The van der Waals surface area contributed by atoms with Crippen LogP contribution in [0.3, 0.4) is 0 Å². The van der Waals surface area contributed by atoms with Crippen LogP contribution in [-0.2, 0) is 9.59 Å². The summed E-state index contributed by atoms with van der Waals surface area (Å²) in [7, 11) is 0. The van der Waals surface area contributed by atoms with E-state index in [0.29, 0.717) is 23.0 Å². The Morgan fingerprint density at radius 1 is 1.13 bits per heavy atom. The predicted octanol–water partition coefficient (Wildman–Crippen LogP) is 3.87. The first-order valence-corrected chi connectivity index (χ1v) is 10.7. The van der Waals surface area contributed by atoms with Crippen LogP contribution >= 0.6 is 11.6 Å². The number of aryl methyl sites for hydroxylation is 1. The molecule has 2 aliphatic heterocycles. The summed E-state index contributed by atoms with van der Waals surface area (Å²) in [5, 5.41) is 3.50. The fourth-order valence-electron chi connectivity index (χ4n) is 4.00. The Labute approximate surface area is 181 Å². The molecule has 6 nitrogen and oxygen atoms in total. The average molecular weight is 428 g/mol. The van der Waals surface area contributed by atoms with Crippen molar-refractivity contribution in [2.24, 2.45) is 0 Å². The number of benzene rings is 2. The van der Waals surface area contributed by atoms with Gasteiger partial charge in [-0.2, -0.15) is 0 Å². The smallest absolute Gasteiger partial charge is 0.265 e. The SMILES string of the molecule is Cc1ccc(Cl)cc1NC(=O)CN1C[C@H](C(=O)N2CCCCC2)Oc2ccccc21. The second-order valence-corrected chi connectivity index (χ2v) is 8.28. The van der Waals surface area contributed by atoms with Crippen molar-refractivity contribution in [1.82, 2.24) is 4.90 Å². The van der Waals surface area contributed by atoms with Gasteiger partial charge in [0.1, 0.15) is 5.75 Å². The number of anilines is 2. The highest BCUT2D eigenvalue weighted by Crippen LogP contribution is 2.33. The Morgan fingerprint density at radius 2 is 1.90 bits per heavy atom. The molecule has 2 amide bonds. The number of halogens is 1. The van der Waals surface area contributed by atoms with Crippen molar-refractivity contribution in [3.63, 3.8) is 0 Å². The molecule has 1 fully saturated rings. The summed E-state index contributed by atoms with van der Waals surface area (Å²) in [4.78, 5) is 29.6. The first kappa shape index (κ1) is 20.5. The summed E-state index contributed by atoms with van der Waals surface area (Å²) in [6.07, 6.45) is 2.60. The second kappa shape index (κ2) is 8.96. The molecule has 0 unspecified atom stereocenters. The van der Waals surface area contributed by atoms with Crippen molar-refractivity contribution in [3.05, 3.63) is 53.1 Å². The number of amides is 2. The second-order valence-electron chi connectivity index (χ2n) is 7.85. The van der Waals surface area contributed by atoms with E-state index in [1.165, 1.54) is 0 Å². The Kier molecular flexibility index (Phi) is 6.13. The minimum atomic E-state index is -0.612. The van der Waals surface area contributed by atoms with E-state index < -0.39 is 6.10 Å². The van der Waals surface area contributed by atoms with E-state index in [1.54, 1.807) is 12.1 Å². The molecule has 4 rings (SSSR count). The average Bonchev–Trinajstić information content (AvgIpc) is 2.76. The normalized spacial score (nSPS) is 18.4. The lowest BCUT2D eigenvalue weighted by Gasteiger charge is -2.38. The van der Waals surface area contributed by atoms with Crippen LogP contribution in [0, 0.1) is 6.92 Å². The van der Waals surface area contributed by atoms with E-state index >= 15 is 0 Å². The van der Waals surface area contributed by atoms with E-state index in [-0.39, 0.29) is 18.4 Å². The molecule has 7 heteroatoms. The molecule has 2 aromatic carbocycles. The lowest BCUT2D eigenvalue weighted by atomic mass is 10.1. The molecule has 2 aliphatic rings. The van der Waals surface area contributed by atoms with Crippen molar-refractivity contribution >= 4 is 34.8 Å². The van der Waals surface area contributed by atoms with E-state index in [2.05, 4.69) is 5.32 Å². The third-order valence-corrected chi connectivity index (χ3v) is 5.85. The van der Waals surface area contributed by atoms with Crippen LogP contribution in [-0.4, -0.2) is 49.0 Å². The summed E-state index contributed by atoms with van der Waals surface area (Å²) in [6.45, 7) is 3.93. The summed E-state index contributed by atoms with van der Waals surface area (Å²) in [5.41, 5.74) is 2.45. The van der Waals surface area contributed by atoms with Crippen molar-refractivity contribution in [1.29, 1.82) is 0 Å². The molecule has 0 aromatic heterocycles. The number of carbonyl (C=O) groups is 2. The maximum absolute atomic E-state index is 13.0. The fraction of sp³-hybridized carbons (Fsp3) is 0.391. The number of carbonyl (C=O) groups excluding carboxylic acids is 2. The monoisotopic (exact) mass is 427 g/mol. The summed E-state index contributed by atoms with van der Waals surface area (Å²) in [6, 6.07) is 12.9. The maximum Gasteiger partial charge on any atom is 0.265 e. The summed E-state index contributed by atoms with van der Waals surface area (Å²) >= 11 is 6.07. The number of likely N-dealkylation sites (tertiary alicyclic amines) is 1. The predicted molar refractivity (Wildman–Crippen MR) is 118 cm³/mol. The van der Waals surface area contributed by atoms with Gasteiger partial charge >= 0.3 is 0 Å². The van der Waals surface area contributed by atoms with Crippen LogP contribution in [0.5, 0.6) is 5.75 Å². The number of hydrogen-bond acceptors (Lipinski definition) is 4. The van der Waals surface area contributed by atoms with Gasteiger partial charge in [-0.1, -0.05) is 29.8 Å². The molecular weight excluding hydrogens is 402 g/mol. The molecule has 1 N–H and O–H groups in total. The molecule has 0 spiro atoms. The number of fused-ring (bicyclic) bond motifs is 1. The third-order valence-electron chi connectivity index (χ3n) is 5.61. The van der Waals surface area contributed by atoms with Gasteiger partial charge in [0.2, 0.25) is 5.91 Å². The zero-order valence-electron chi connectivity index (χ0n) is 17.1. The quantitative estimate of drug-likeness (QED) is 0.804. The molecule has 1 atom stereocenters. The first-order chi connectivity index (χ1) is 14.5. The van der Waals surface area contributed by atoms with Crippen LogP contribution in [0.1, 0.15) is 24.8 Å². The number of rotatable bonds is 4. The number of ether oxygens (including phenoxy) is 1. The lowest BCUT2D eigenvalue weighted by molar-refractivity contribution is -0.139. The van der Waals surface area contributed by atoms with Crippen LogP contribution < -0.4 is 15.0 Å². The molecular formula is C23H26ClN3O3. The molecule has 158 valence electrons. The van der Waals surface area contributed by atoms with Crippen molar-refractivity contribution in [3.8, 4) is 5.75 Å². The number of piperidine rings is 1. The molecule has 30 heavy (non-hydrogen) atoms. The molecule has 2 aromatic rings. The van der Waals surface area contributed by atoms with Gasteiger partial charge in [0.15, 0.2) is 6.10 Å². The Morgan fingerprint density at radius 3 is 2.70 bits per heavy atom. The highest BCUT2D eigenvalue weighted by Gasteiger charge is 2.34. The summed E-state index contributed by atoms with van der Waals surface area (Å²) in [5.74, 6) is 0.465. The van der Waals surface area contributed by atoms with Crippen LogP contribution in [0.4, 0.5) is 11.4 Å². The first-order valence-electron chi connectivity index (χ1n) is 10.4. The number of nitrogens with one attached hydrogen (secondary N) is 1. The number of hydrogen-bond donors (Lipinski definition) is 1. The number of nitrogens with zero attached hydrogens (tertiary/aromatic N) is 2. The zero-order valence-corrected chi connectivity index (χ0v) is 17.8. The number of para-hydroxylation sites is 2.